The Morgan fingerprint density at radius 2 is 2.43 bits per heavy atom. The van der Waals surface area contributed by atoms with Crippen LogP contribution in [0.3, 0.4) is 0 Å². The number of nitrogens with one attached hydrogen (secondary N) is 1. The van der Waals surface area contributed by atoms with Crippen molar-refractivity contribution >= 4 is 5.78 Å². The summed E-state index contributed by atoms with van der Waals surface area (Å²) in [6.45, 7) is 2.10. The SMILES string of the molecule is CC1=CC2C=CC=C(C(=O)CN)C2N1. The molecule has 74 valence electrons. The molecule has 0 aromatic carbocycles. The molecule has 0 fully saturated rings. The van der Waals surface area contributed by atoms with Gasteiger partial charge in [0.1, 0.15) is 0 Å². The first-order chi connectivity index (χ1) is 6.72. The van der Waals surface area contributed by atoms with Crippen LogP contribution in [0.15, 0.2) is 35.6 Å². The van der Waals surface area contributed by atoms with Gasteiger partial charge in [0.2, 0.25) is 0 Å². The number of ketones is 1. The second kappa shape index (κ2) is 3.42. The van der Waals surface area contributed by atoms with Gasteiger partial charge in [0.25, 0.3) is 0 Å². The molecular weight excluding hydrogens is 176 g/mol. The lowest BCUT2D eigenvalue weighted by Crippen LogP contribution is -2.36. The van der Waals surface area contributed by atoms with E-state index in [1.54, 1.807) is 0 Å². The summed E-state index contributed by atoms with van der Waals surface area (Å²) in [6.07, 6.45) is 8.02. The predicted octanol–water partition coefficient (Wildman–Crippen LogP) is 0.502. The van der Waals surface area contributed by atoms with Crippen LogP contribution in [0, 0.1) is 5.92 Å². The van der Waals surface area contributed by atoms with E-state index in [1.165, 1.54) is 0 Å². The Labute approximate surface area is 83.4 Å². The molecular formula is C11H14N2O. The van der Waals surface area contributed by atoms with Crippen LogP contribution in [0.2, 0.25) is 0 Å². The number of carbonyl (C=O) groups is 1. The molecule has 0 radical (unpaired) electrons. The number of hydrogen-bond acceptors (Lipinski definition) is 3. The number of carbonyl (C=O) groups excluding carboxylic acids is 1. The third-order valence-electron chi connectivity index (χ3n) is 2.66. The molecule has 0 bridgehead atoms. The summed E-state index contributed by atoms with van der Waals surface area (Å²) in [7, 11) is 0. The molecule has 3 nitrogen and oxygen atoms in total. The molecule has 2 unspecified atom stereocenters. The number of hydrogen-bond donors (Lipinski definition) is 2. The lowest BCUT2D eigenvalue weighted by molar-refractivity contribution is -0.114. The Bertz CT molecular complexity index is 352. The zero-order chi connectivity index (χ0) is 10.1. The van der Waals surface area contributed by atoms with E-state index < -0.39 is 0 Å². The second-order valence-corrected chi connectivity index (χ2v) is 3.68. The molecule has 0 aromatic rings. The Kier molecular flexibility index (Phi) is 2.25. The first-order valence-corrected chi connectivity index (χ1v) is 4.79. The smallest absolute Gasteiger partial charge is 0.174 e. The van der Waals surface area contributed by atoms with E-state index in [4.69, 9.17) is 5.73 Å². The summed E-state index contributed by atoms with van der Waals surface area (Å²) in [4.78, 5) is 11.5. The van der Waals surface area contributed by atoms with Crippen LogP contribution in [-0.4, -0.2) is 18.4 Å². The molecule has 0 spiro atoms. The van der Waals surface area contributed by atoms with Gasteiger partial charge in [-0.05, 0) is 6.92 Å². The molecule has 1 aliphatic heterocycles. The molecule has 0 saturated carbocycles. The minimum absolute atomic E-state index is 0.0277. The van der Waals surface area contributed by atoms with E-state index in [0.717, 1.165) is 11.3 Å². The van der Waals surface area contributed by atoms with Gasteiger partial charge in [0, 0.05) is 17.2 Å². The normalized spacial score (nSPS) is 29.0. The van der Waals surface area contributed by atoms with Gasteiger partial charge in [-0.2, -0.15) is 0 Å². The summed E-state index contributed by atoms with van der Waals surface area (Å²) in [5.41, 5.74) is 7.29. The molecule has 3 heteroatoms. The van der Waals surface area contributed by atoms with E-state index in [2.05, 4.69) is 17.5 Å². The molecule has 14 heavy (non-hydrogen) atoms. The second-order valence-electron chi connectivity index (χ2n) is 3.68. The van der Waals surface area contributed by atoms with Crippen LogP contribution < -0.4 is 11.1 Å². The highest BCUT2D eigenvalue weighted by molar-refractivity contribution is 5.98. The van der Waals surface area contributed by atoms with Crippen molar-refractivity contribution in [2.75, 3.05) is 6.54 Å². The highest BCUT2D eigenvalue weighted by Crippen LogP contribution is 2.27. The minimum atomic E-state index is 0.0277. The van der Waals surface area contributed by atoms with Gasteiger partial charge >= 0.3 is 0 Å². The third-order valence-corrected chi connectivity index (χ3v) is 2.66. The van der Waals surface area contributed by atoms with Crippen LogP contribution in [0.5, 0.6) is 0 Å². The monoisotopic (exact) mass is 190 g/mol. The molecule has 0 amide bonds. The largest absolute Gasteiger partial charge is 0.381 e. The number of nitrogens with two attached hydrogens (primary N) is 1. The summed E-state index contributed by atoms with van der Waals surface area (Å²) in [6, 6.07) is 0.107. The molecule has 2 rings (SSSR count). The summed E-state index contributed by atoms with van der Waals surface area (Å²) < 4.78 is 0. The Morgan fingerprint density at radius 1 is 1.64 bits per heavy atom. The van der Waals surface area contributed by atoms with Crippen LogP contribution >= 0.6 is 0 Å². The lowest BCUT2D eigenvalue weighted by Gasteiger charge is -2.22. The fraction of sp³-hybridized carbons (Fsp3) is 0.364. The van der Waals surface area contributed by atoms with E-state index in [9.17, 15) is 4.79 Å². The van der Waals surface area contributed by atoms with Gasteiger partial charge in [0.05, 0.1) is 12.6 Å². The predicted molar refractivity (Wildman–Crippen MR) is 55.5 cm³/mol. The Hall–Kier alpha value is -1.35. The molecule has 2 aliphatic rings. The van der Waals surface area contributed by atoms with Gasteiger partial charge in [-0.25, -0.2) is 0 Å². The zero-order valence-electron chi connectivity index (χ0n) is 8.16. The van der Waals surface area contributed by atoms with Gasteiger partial charge in [-0.3, -0.25) is 4.79 Å². The molecule has 1 heterocycles. The molecule has 0 aromatic heterocycles. The zero-order valence-corrected chi connectivity index (χ0v) is 8.16. The highest BCUT2D eigenvalue weighted by Gasteiger charge is 2.30. The van der Waals surface area contributed by atoms with Gasteiger partial charge < -0.3 is 11.1 Å². The Balaban J connectivity index is 2.25. The number of rotatable bonds is 2. The maximum Gasteiger partial charge on any atom is 0.174 e. The van der Waals surface area contributed by atoms with Crippen LogP contribution in [0.25, 0.3) is 0 Å². The van der Waals surface area contributed by atoms with Crippen molar-refractivity contribution in [3.8, 4) is 0 Å². The fourth-order valence-corrected chi connectivity index (χ4v) is 2.00. The number of fused-ring (bicyclic) bond motifs is 1. The summed E-state index contributed by atoms with van der Waals surface area (Å²) in [5, 5.41) is 3.29. The average molecular weight is 190 g/mol. The fourth-order valence-electron chi connectivity index (χ4n) is 2.00. The molecule has 1 aliphatic carbocycles. The third kappa shape index (κ3) is 1.40. The maximum absolute atomic E-state index is 11.5. The van der Waals surface area contributed by atoms with Crippen LogP contribution in [0.4, 0.5) is 0 Å². The van der Waals surface area contributed by atoms with Gasteiger partial charge in [0.15, 0.2) is 5.78 Å². The Morgan fingerprint density at radius 3 is 3.14 bits per heavy atom. The van der Waals surface area contributed by atoms with E-state index in [0.29, 0.717) is 5.92 Å². The van der Waals surface area contributed by atoms with E-state index in [-0.39, 0.29) is 18.4 Å². The van der Waals surface area contributed by atoms with Crippen molar-refractivity contribution in [1.29, 1.82) is 0 Å². The van der Waals surface area contributed by atoms with Crippen molar-refractivity contribution < 1.29 is 4.79 Å². The minimum Gasteiger partial charge on any atom is -0.381 e. The summed E-state index contributed by atoms with van der Waals surface area (Å²) in [5.74, 6) is 0.338. The van der Waals surface area contributed by atoms with Crippen LogP contribution in [0.1, 0.15) is 6.92 Å². The van der Waals surface area contributed by atoms with E-state index in [1.807, 2.05) is 19.1 Å². The maximum atomic E-state index is 11.5. The topological polar surface area (TPSA) is 55.1 Å². The molecule has 2 atom stereocenters. The first-order valence-electron chi connectivity index (χ1n) is 4.79. The average Bonchev–Trinajstić information content (AvgIpc) is 2.56. The van der Waals surface area contributed by atoms with Gasteiger partial charge in [-0.15, -0.1) is 0 Å². The lowest BCUT2D eigenvalue weighted by atomic mass is 9.88. The standard InChI is InChI=1S/C11H14N2O/c1-7-5-8-3-2-4-9(10(14)6-12)11(8)13-7/h2-5,8,11,13H,6,12H2,1H3. The van der Waals surface area contributed by atoms with Crippen molar-refractivity contribution in [3.05, 3.63) is 35.6 Å². The summed E-state index contributed by atoms with van der Waals surface area (Å²) >= 11 is 0. The molecule has 0 saturated heterocycles. The molecule has 3 N–H and O–H groups in total. The van der Waals surface area contributed by atoms with Crippen molar-refractivity contribution in [2.24, 2.45) is 11.7 Å². The first kappa shape index (κ1) is 9.21. The van der Waals surface area contributed by atoms with E-state index >= 15 is 0 Å². The highest BCUT2D eigenvalue weighted by atomic mass is 16.1. The number of Topliss-reactive ketones (excluding diaryl/α,β-unsaturated/α-hetero) is 1. The van der Waals surface area contributed by atoms with Crippen molar-refractivity contribution in [1.82, 2.24) is 5.32 Å². The van der Waals surface area contributed by atoms with Crippen molar-refractivity contribution in [3.63, 3.8) is 0 Å². The van der Waals surface area contributed by atoms with Gasteiger partial charge in [-0.1, -0.05) is 24.3 Å². The quantitative estimate of drug-likeness (QED) is 0.666. The van der Waals surface area contributed by atoms with Crippen molar-refractivity contribution in [2.45, 2.75) is 13.0 Å². The number of allylic oxidation sites excluding steroid dienone is 3. The van der Waals surface area contributed by atoms with Crippen LogP contribution in [-0.2, 0) is 4.79 Å².